The zero-order valence-electron chi connectivity index (χ0n) is 7.40. The van der Waals surface area contributed by atoms with E-state index in [2.05, 4.69) is 9.47 Å². The van der Waals surface area contributed by atoms with Gasteiger partial charge in [-0.25, -0.2) is 9.59 Å². The zero-order chi connectivity index (χ0) is 9.84. The molecule has 0 spiro atoms. The van der Waals surface area contributed by atoms with Crippen molar-refractivity contribution in [2.24, 2.45) is 0 Å². The molecule has 0 N–H and O–H groups in total. The smallest absolute Gasteiger partial charge is 0.426 e. The van der Waals surface area contributed by atoms with E-state index in [9.17, 15) is 9.59 Å². The van der Waals surface area contributed by atoms with Crippen molar-refractivity contribution in [3.8, 4) is 0 Å². The maximum atomic E-state index is 11.1. The van der Waals surface area contributed by atoms with E-state index >= 15 is 0 Å². The van der Waals surface area contributed by atoms with E-state index in [4.69, 9.17) is 4.74 Å². The van der Waals surface area contributed by atoms with Gasteiger partial charge in [0.15, 0.2) is 6.61 Å². The molecule has 13 heavy (non-hydrogen) atoms. The van der Waals surface area contributed by atoms with Crippen molar-refractivity contribution in [2.75, 3.05) is 6.61 Å². The zero-order valence-corrected chi connectivity index (χ0v) is 7.40. The Morgan fingerprint density at radius 2 is 2.38 bits per heavy atom. The van der Waals surface area contributed by atoms with Crippen LogP contribution in [0.4, 0.5) is 4.79 Å². The Morgan fingerprint density at radius 1 is 1.69 bits per heavy atom. The number of esters is 1. The van der Waals surface area contributed by atoms with E-state index < -0.39 is 18.4 Å². The second-order valence-corrected chi connectivity index (χ2v) is 2.49. The van der Waals surface area contributed by atoms with E-state index in [1.54, 1.807) is 19.9 Å². The molecule has 0 aromatic carbocycles. The Kier molecular flexibility index (Phi) is 2.89. The SMILES string of the molecule is CC=C(C)C(=O)OC1COC(=O)O1. The van der Waals surface area contributed by atoms with E-state index in [-0.39, 0.29) is 6.61 Å². The first-order chi connectivity index (χ1) is 6.13. The maximum Gasteiger partial charge on any atom is 0.511 e. The van der Waals surface area contributed by atoms with E-state index in [1.807, 2.05) is 0 Å². The lowest BCUT2D eigenvalue weighted by Gasteiger charge is -2.07. The number of allylic oxidation sites excluding steroid dienone is 1. The van der Waals surface area contributed by atoms with E-state index in [1.165, 1.54) is 0 Å². The molecule has 1 aliphatic heterocycles. The first-order valence-electron chi connectivity index (χ1n) is 3.80. The molecule has 0 amide bonds. The molecule has 1 heterocycles. The van der Waals surface area contributed by atoms with E-state index in [0.29, 0.717) is 5.57 Å². The highest BCUT2D eigenvalue weighted by atomic mass is 16.8. The van der Waals surface area contributed by atoms with Crippen LogP contribution >= 0.6 is 0 Å². The molecule has 5 heteroatoms. The highest BCUT2D eigenvalue weighted by Crippen LogP contribution is 2.09. The molecule has 1 aliphatic rings. The van der Waals surface area contributed by atoms with Crippen LogP contribution in [0.15, 0.2) is 11.6 Å². The quantitative estimate of drug-likeness (QED) is 0.475. The van der Waals surface area contributed by atoms with Gasteiger partial charge in [0.25, 0.3) is 6.29 Å². The van der Waals surface area contributed by atoms with Crippen LogP contribution < -0.4 is 0 Å². The number of carbonyl (C=O) groups is 2. The number of hydrogen-bond acceptors (Lipinski definition) is 5. The van der Waals surface area contributed by atoms with Crippen molar-refractivity contribution in [3.63, 3.8) is 0 Å². The van der Waals surface area contributed by atoms with E-state index in [0.717, 1.165) is 0 Å². The molecular formula is C8H10O5. The summed E-state index contributed by atoms with van der Waals surface area (Å²) in [7, 11) is 0. The molecule has 0 bridgehead atoms. The highest BCUT2D eigenvalue weighted by molar-refractivity contribution is 5.87. The average molecular weight is 186 g/mol. The molecule has 0 aromatic heterocycles. The fourth-order valence-corrected chi connectivity index (χ4v) is 0.700. The number of ether oxygens (including phenoxy) is 3. The van der Waals surface area contributed by atoms with Crippen molar-refractivity contribution in [3.05, 3.63) is 11.6 Å². The number of rotatable bonds is 2. The molecule has 0 radical (unpaired) electrons. The third-order valence-electron chi connectivity index (χ3n) is 1.56. The summed E-state index contributed by atoms with van der Waals surface area (Å²) in [5, 5.41) is 0. The van der Waals surface area contributed by atoms with Crippen LogP contribution in [0.2, 0.25) is 0 Å². The van der Waals surface area contributed by atoms with Gasteiger partial charge in [0, 0.05) is 5.57 Å². The predicted octanol–water partition coefficient (Wildman–Crippen LogP) is 0.989. The Balaban J connectivity index is 2.41. The van der Waals surface area contributed by atoms with Gasteiger partial charge in [-0.3, -0.25) is 0 Å². The Labute approximate surface area is 75.3 Å². The number of carbonyl (C=O) groups excluding carboxylic acids is 2. The van der Waals surface area contributed by atoms with Gasteiger partial charge in [-0.2, -0.15) is 0 Å². The van der Waals surface area contributed by atoms with Gasteiger partial charge < -0.3 is 14.2 Å². The van der Waals surface area contributed by atoms with Crippen molar-refractivity contribution in [1.29, 1.82) is 0 Å². The third-order valence-corrected chi connectivity index (χ3v) is 1.56. The van der Waals surface area contributed by atoms with Gasteiger partial charge in [0.1, 0.15) is 0 Å². The van der Waals surface area contributed by atoms with Gasteiger partial charge in [0.2, 0.25) is 0 Å². The summed E-state index contributed by atoms with van der Waals surface area (Å²) in [6, 6.07) is 0. The van der Waals surface area contributed by atoms with Crippen LogP contribution in [0.5, 0.6) is 0 Å². The summed E-state index contributed by atoms with van der Waals surface area (Å²) in [5.74, 6) is -0.509. The largest absolute Gasteiger partial charge is 0.511 e. The second kappa shape index (κ2) is 3.93. The fourth-order valence-electron chi connectivity index (χ4n) is 0.700. The van der Waals surface area contributed by atoms with Gasteiger partial charge in [-0.1, -0.05) is 6.08 Å². The maximum absolute atomic E-state index is 11.1. The molecule has 1 atom stereocenters. The molecule has 0 saturated carbocycles. The standard InChI is InChI=1S/C8H10O5/c1-3-5(2)7(9)12-6-4-11-8(10)13-6/h3,6H,4H2,1-2H3. The molecule has 72 valence electrons. The molecule has 5 nitrogen and oxygen atoms in total. The Morgan fingerprint density at radius 3 is 2.85 bits per heavy atom. The van der Waals surface area contributed by atoms with Crippen molar-refractivity contribution < 1.29 is 23.8 Å². The lowest BCUT2D eigenvalue weighted by molar-refractivity contribution is -0.157. The molecule has 1 saturated heterocycles. The summed E-state index contributed by atoms with van der Waals surface area (Å²) < 4.78 is 13.7. The predicted molar refractivity (Wildman–Crippen MR) is 41.7 cm³/mol. The van der Waals surface area contributed by atoms with Gasteiger partial charge in [-0.05, 0) is 13.8 Å². The first kappa shape index (κ1) is 9.57. The lowest BCUT2D eigenvalue weighted by atomic mass is 10.3. The fraction of sp³-hybridized carbons (Fsp3) is 0.500. The lowest BCUT2D eigenvalue weighted by Crippen LogP contribution is -2.20. The van der Waals surface area contributed by atoms with Crippen LogP contribution in [-0.2, 0) is 19.0 Å². The topological polar surface area (TPSA) is 61.8 Å². The summed E-state index contributed by atoms with van der Waals surface area (Å²) in [4.78, 5) is 21.5. The van der Waals surface area contributed by atoms with Gasteiger partial charge in [-0.15, -0.1) is 0 Å². The minimum absolute atomic E-state index is 0.0401. The Hall–Kier alpha value is -1.52. The molecule has 1 unspecified atom stereocenters. The third kappa shape index (κ3) is 2.47. The van der Waals surface area contributed by atoms with Crippen molar-refractivity contribution in [1.82, 2.24) is 0 Å². The monoisotopic (exact) mass is 186 g/mol. The van der Waals surface area contributed by atoms with Crippen molar-refractivity contribution in [2.45, 2.75) is 20.1 Å². The first-order valence-corrected chi connectivity index (χ1v) is 3.80. The average Bonchev–Trinajstić information content (AvgIpc) is 2.49. The Bertz CT molecular complexity index is 255. The summed E-state index contributed by atoms with van der Waals surface area (Å²) in [6.45, 7) is 3.29. The molecular weight excluding hydrogens is 176 g/mol. The minimum atomic E-state index is -0.908. The molecule has 1 rings (SSSR count). The molecule has 0 aliphatic carbocycles. The number of hydrogen-bond donors (Lipinski definition) is 0. The van der Waals surface area contributed by atoms with Gasteiger partial charge in [0.05, 0.1) is 0 Å². The van der Waals surface area contributed by atoms with Crippen molar-refractivity contribution >= 4 is 12.1 Å². The summed E-state index contributed by atoms with van der Waals surface area (Å²) >= 11 is 0. The normalized spacial score (nSPS) is 22.2. The van der Waals surface area contributed by atoms with Crippen LogP contribution in [-0.4, -0.2) is 25.0 Å². The van der Waals surface area contributed by atoms with Crippen LogP contribution in [0.3, 0.4) is 0 Å². The summed E-state index contributed by atoms with van der Waals surface area (Å²) in [6.07, 6.45) is -0.106. The van der Waals surface area contributed by atoms with Crippen LogP contribution in [0.1, 0.15) is 13.8 Å². The van der Waals surface area contributed by atoms with Crippen LogP contribution in [0.25, 0.3) is 0 Å². The minimum Gasteiger partial charge on any atom is -0.426 e. The molecule has 1 fully saturated rings. The second-order valence-electron chi connectivity index (χ2n) is 2.49. The number of cyclic esters (lactones) is 2. The highest BCUT2D eigenvalue weighted by Gasteiger charge is 2.28. The summed E-state index contributed by atoms with van der Waals surface area (Å²) in [5.41, 5.74) is 0.461. The molecule has 0 aromatic rings. The van der Waals surface area contributed by atoms with Gasteiger partial charge >= 0.3 is 12.1 Å². The van der Waals surface area contributed by atoms with Crippen LogP contribution in [0, 0.1) is 0 Å².